The van der Waals surface area contributed by atoms with Crippen LogP contribution in [0.25, 0.3) is 56.1 Å². The molecular weight excluding hydrogens is 418 g/mol. The van der Waals surface area contributed by atoms with E-state index in [0.29, 0.717) is 0 Å². The van der Waals surface area contributed by atoms with Crippen LogP contribution in [-0.2, 0) is 0 Å². The van der Waals surface area contributed by atoms with Crippen LogP contribution in [0, 0.1) is 0 Å². The number of hydrogen-bond donors (Lipinski definition) is 0. The molecule has 4 nitrogen and oxygen atoms in total. The van der Waals surface area contributed by atoms with Gasteiger partial charge in [-0.25, -0.2) is 15.0 Å². The summed E-state index contributed by atoms with van der Waals surface area (Å²) in [6.07, 6.45) is 0. The largest absolute Gasteiger partial charge is 0.456 e. The van der Waals surface area contributed by atoms with E-state index in [1.165, 1.54) is 12.1 Å². The second-order valence-electron chi connectivity index (χ2n) is 6.42. The van der Waals surface area contributed by atoms with Crippen LogP contribution in [0.3, 0.4) is 0 Å². The van der Waals surface area contributed by atoms with Crippen molar-refractivity contribution in [2.45, 2.75) is 0 Å². The minimum atomic E-state index is -0.704. The Morgan fingerprint density at radius 1 is 0.688 bits per heavy atom. The molecular formula is C27H16ClN3O. The first-order valence-electron chi connectivity index (χ1n) is 16.1. The summed E-state index contributed by atoms with van der Waals surface area (Å²) in [5.41, 5.74) is -1.25. The van der Waals surface area contributed by atoms with Crippen molar-refractivity contribution in [1.82, 2.24) is 15.0 Å². The number of furan rings is 1. The Morgan fingerprint density at radius 3 is 1.94 bits per heavy atom. The molecule has 0 atom stereocenters. The number of halogens is 1. The third-order valence-electron chi connectivity index (χ3n) is 4.51. The Morgan fingerprint density at radius 2 is 1.28 bits per heavy atom. The average Bonchev–Trinajstić information content (AvgIpc) is 3.41. The normalized spacial score (nSPS) is 17.4. The van der Waals surface area contributed by atoms with Gasteiger partial charge in [0, 0.05) is 38.5 Å². The van der Waals surface area contributed by atoms with Crippen LogP contribution in [-0.4, -0.2) is 15.0 Å². The van der Waals surface area contributed by atoms with Crippen molar-refractivity contribution in [3.05, 3.63) is 102 Å². The van der Waals surface area contributed by atoms with E-state index < -0.39 is 95.3 Å². The van der Waals surface area contributed by atoms with E-state index in [1.807, 2.05) is 0 Å². The number of rotatable bonds is 3. The number of fused-ring (bicyclic) bond motifs is 3. The Hall–Kier alpha value is -4.02. The van der Waals surface area contributed by atoms with Crippen molar-refractivity contribution in [1.29, 1.82) is 0 Å². The molecule has 0 saturated heterocycles. The minimum Gasteiger partial charge on any atom is -0.456 e. The molecule has 6 aromatic rings. The van der Waals surface area contributed by atoms with Crippen molar-refractivity contribution in [2.24, 2.45) is 0 Å². The predicted octanol–water partition coefficient (Wildman–Crippen LogP) is 7.43. The van der Waals surface area contributed by atoms with Gasteiger partial charge in [0.25, 0.3) is 0 Å². The Balaban J connectivity index is 1.81. The molecule has 0 fully saturated rings. The highest BCUT2D eigenvalue weighted by atomic mass is 35.5. The van der Waals surface area contributed by atoms with Gasteiger partial charge in [0.05, 0.1) is 19.2 Å². The molecule has 0 aliphatic heterocycles. The second-order valence-corrected chi connectivity index (χ2v) is 6.83. The van der Waals surface area contributed by atoms with Crippen molar-refractivity contribution in [3.8, 4) is 34.2 Å². The molecule has 0 saturated carbocycles. The van der Waals surface area contributed by atoms with E-state index in [1.54, 1.807) is 0 Å². The first kappa shape index (κ1) is 9.23. The van der Waals surface area contributed by atoms with Crippen LogP contribution in [0.1, 0.15) is 19.2 Å². The van der Waals surface area contributed by atoms with Crippen molar-refractivity contribution in [3.63, 3.8) is 0 Å². The van der Waals surface area contributed by atoms with Gasteiger partial charge in [-0.2, -0.15) is 0 Å². The van der Waals surface area contributed by atoms with Crippen LogP contribution in [0.4, 0.5) is 0 Å². The van der Waals surface area contributed by atoms with Crippen LogP contribution in [0.15, 0.2) is 101 Å². The molecule has 152 valence electrons. The van der Waals surface area contributed by atoms with Crippen LogP contribution in [0.5, 0.6) is 0 Å². The predicted molar refractivity (Wildman–Crippen MR) is 128 cm³/mol. The quantitative estimate of drug-likeness (QED) is 0.283. The summed E-state index contributed by atoms with van der Waals surface area (Å²) in [6, 6.07) is -5.93. The summed E-state index contributed by atoms with van der Waals surface area (Å²) in [5.74, 6) is -1.35. The number of para-hydroxylation sites is 1. The number of aromatic nitrogens is 3. The lowest BCUT2D eigenvalue weighted by Crippen LogP contribution is -2.00. The number of benzene rings is 4. The van der Waals surface area contributed by atoms with Gasteiger partial charge in [0.2, 0.25) is 0 Å². The summed E-state index contributed by atoms with van der Waals surface area (Å²) in [5, 5.41) is 0.0198. The molecule has 2 aromatic heterocycles. The molecule has 32 heavy (non-hydrogen) atoms. The van der Waals surface area contributed by atoms with Crippen molar-refractivity contribution < 1.29 is 23.6 Å². The molecule has 0 aliphatic carbocycles. The second kappa shape index (κ2) is 7.59. The van der Waals surface area contributed by atoms with Gasteiger partial charge in [-0.1, -0.05) is 90.2 Å². The van der Waals surface area contributed by atoms with Crippen LogP contribution >= 0.6 is 11.6 Å². The average molecular weight is 448 g/mol. The molecule has 4 aromatic carbocycles. The van der Waals surface area contributed by atoms with Crippen molar-refractivity contribution >= 4 is 33.5 Å². The SMILES string of the molecule is [2H]c1cc2c(oc3c([2H])c(Cl)cc(-c4nc(-c5c([2H])c([2H])c([2H])c([2H])c5[2H])nc(-c5c([2H])c([2H])c([2H])c([2H])c5[2H])n4)c32)c([2H])c1[2H]. The van der Waals surface area contributed by atoms with E-state index in [4.69, 9.17) is 35.2 Å². The molecule has 0 spiro atoms. The maximum absolute atomic E-state index is 8.51. The summed E-state index contributed by atoms with van der Waals surface area (Å²) in [7, 11) is 0. The third-order valence-corrected chi connectivity index (χ3v) is 4.71. The van der Waals surface area contributed by atoms with E-state index >= 15 is 0 Å². The van der Waals surface area contributed by atoms with E-state index in [9.17, 15) is 0 Å². The Bertz CT molecular complexity index is 2200. The maximum atomic E-state index is 8.51. The molecule has 0 N–H and O–H groups in total. The van der Waals surface area contributed by atoms with E-state index in [-0.39, 0.29) is 50.4 Å². The molecule has 6 rings (SSSR count). The highest BCUT2D eigenvalue weighted by Gasteiger charge is 2.18. The summed E-state index contributed by atoms with van der Waals surface area (Å²) in [6.45, 7) is 0. The molecule has 0 aliphatic rings. The zero-order valence-corrected chi connectivity index (χ0v) is 16.5. The fraction of sp³-hybridized carbons (Fsp3) is 0. The fourth-order valence-corrected chi connectivity index (χ4v) is 3.39. The van der Waals surface area contributed by atoms with Gasteiger partial charge in [0.1, 0.15) is 11.2 Å². The maximum Gasteiger partial charge on any atom is 0.164 e. The lowest BCUT2D eigenvalue weighted by Gasteiger charge is -2.09. The molecule has 5 heteroatoms. The zero-order valence-electron chi connectivity index (χ0n) is 29.8. The smallest absolute Gasteiger partial charge is 0.164 e. The van der Waals surface area contributed by atoms with Gasteiger partial charge < -0.3 is 4.42 Å². The standard InChI is InChI=1S/C27H16ClN3O/c28-19-15-21(24-20-13-7-8-14-22(20)32-23(24)16-19)27-30-25(17-9-3-1-4-10-17)29-26(31-27)18-11-5-2-6-12-18/h1-16H/i1D,2D,3D,4D,5D,6D,7D,8D,9D,10D,11D,12D,14D,16D. The van der Waals surface area contributed by atoms with Gasteiger partial charge in [-0.15, -0.1) is 0 Å². The summed E-state index contributed by atoms with van der Waals surface area (Å²) >= 11 is 6.40. The first-order chi connectivity index (χ1) is 21.6. The van der Waals surface area contributed by atoms with Crippen molar-refractivity contribution in [2.75, 3.05) is 0 Å². The first-order valence-corrected chi connectivity index (χ1v) is 9.47. The van der Waals surface area contributed by atoms with Gasteiger partial charge in [0.15, 0.2) is 17.5 Å². The lowest BCUT2D eigenvalue weighted by molar-refractivity contribution is 0.669. The number of hydrogen-bond acceptors (Lipinski definition) is 4. The fourth-order valence-electron chi connectivity index (χ4n) is 3.19. The lowest BCUT2D eigenvalue weighted by atomic mass is 10.1. The molecule has 2 heterocycles. The third kappa shape index (κ3) is 3.22. The van der Waals surface area contributed by atoms with E-state index in [0.717, 1.165) is 0 Å². The zero-order chi connectivity index (χ0) is 33.7. The monoisotopic (exact) mass is 447 g/mol. The minimum absolute atomic E-state index is 0.00378. The van der Waals surface area contributed by atoms with Crippen LogP contribution < -0.4 is 0 Å². The Labute approximate surface area is 208 Å². The molecule has 0 amide bonds. The highest BCUT2D eigenvalue weighted by molar-refractivity contribution is 6.32. The topological polar surface area (TPSA) is 51.8 Å². The summed E-state index contributed by atoms with van der Waals surface area (Å²) in [4.78, 5) is 13.0. The molecule has 0 unspecified atom stereocenters. The van der Waals surface area contributed by atoms with Gasteiger partial charge in [-0.3, -0.25) is 0 Å². The van der Waals surface area contributed by atoms with Gasteiger partial charge in [-0.05, 0) is 12.1 Å². The molecule has 0 bridgehead atoms. The van der Waals surface area contributed by atoms with E-state index in [2.05, 4.69) is 15.0 Å². The van der Waals surface area contributed by atoms with Crippen LogP contribution in [0.2, 0.25) is 5.02 Å². The highest BCUT2D eigenvalue weighted by Crippen LogP contribution is 2.38. The molecule has 0 radical (unpaired) electrons. The summed E-state index contributed by atoms with van der Waals surface area (Å²) < 4.78 is 121. The number of nitrogens with zero attached hydrogens (tertiary/aromatic N) is 3. The van der Waals surface area contributed by atoms with Gasteiger partial charge >= 0.3 is 0 Å². The Kier molecular flexibility index (Phi) is 2.19.